The fourth-order valence-electron chi connectivity index (χ4n) is 3.37. The van der Waals surface area contributed by atoms with E-state index in [0.717, 1.165) is 65.5 Å². The van der Waals surface area contributed by atoms with Crippen molar-refractivity contribution < 1.29 is 9.53 Å². The average molecular weight is 341 g/mol. The van der Waals surface area contributed by atoms with Crippen molar-refractivity contribution in [2.75, 3.05) is 72.1 Å². The van der Waals surface area contributed by atoms with Gasteiger partial charge in [-0.25, -0.2) is 0 Å². The molecular weight excluding hydrogens is 304 g/mol. The molecule has 2 aliphatic heterocycles. The Kier molecular flexibility index (Phi) is 7.94. The molecule has 0 atom stereocenters. The SMILES string of the molecule is CC(C)OCCN1CCN(CC(=O)N2CCN(C(C)C)CC2)CC1. The number of amides is 1. The molecule has 2 rings (SSSR count). The molecule has 2 heterocycles. The first-order valence-electron chi connectivity index (χ1n) is 9.54. The van der Waals surface area contributed by atoms with E-state index in [1.807, 2.05) is 4.90 Å². The third-order valence-corrected chi connectivity index (χ3v) is 5.08. The summed E-state index contributed by atoms with van der Waals surface area (Å²) >= 11 is 0. The first-order valence-corrected chi connectivity index (χ1v) is 9.54. The highest BCUT2D eigenvalue weighted by atomic mass is 16.5. The van der Waals surface area contributed by atoms with Gasteiger partial charge in [-0.15, -0.1) is 0 Å². The summed E-state index contributed by atoms with van der Waals surface area (Å²) in [6.45, 7) is 18.8. The summed E-state index contributed by atoms with van der Waals surface area (Å²) in [5, 5.41) is 0. The molecule has 0 bridgehead atoms. The Hall–Kier alpha value is -0.690. The molecule has 0 aliphatic carbocycles. The lowest BCUT2D eigenvalue weighted by Gasteiger charge is -2.39. The molecule has 1 amide bonds. The van der Waals surface area contributed by atoms with E-state index in [-0.39, 0.29) is 0 Å². The zero-order chi connectivity index (χ0) is 17.5. The largest absolute Gasteiger partial charge is 0.377 e. The van der Waals surface area contributed by atoms with Crippen LogP contribution in [0.5, 0.6) is 0 Å². The van der Waals surface area contributed by atoms with E-state index in [1.54, 1.807) is 0 Å². The number of carbonyl (C=O) groups is 1. The number of ether oxygens (including phenoxy) is 1. The first kappa shape index (κ1) is 19.6. The van der Waals surface area contributed by atoms with E-state index in [2.05, 4.69) is 42.4 Å². The first-order chi connectivity index (χ1) is 11.5. The zero-order valence-corrected chi connectivity index (χ0v) is 16.0. The summed E-state index contributed by atoms with van der Waals surface area (Å²) in [5.74, 6) is 0.301. The zero-order valence-electron chi connectivity index (χ0n) is 16.0. The van der Waals surface area contributed by atoms with Crippen molar-refractivity contribution in [2.45, 2.75) is 39.8 Å². The Morgan fingerprint density at radius 3 is 2.00 bits per heavy atom. The highest BCUT2D eigenvalue weighted by Gasteiger charge is 2.25. The van der Waals surface area contributed by atoms with Crippen LogP contribution in [0.3, 0.4) is 0 Å². The molecule has 140 valence electrons. The Morgan fingerprint density at radius 2 is 1.46 bits per heavy atom. The smallest absolute Gasteiger partial charge is 0.236 e. The number of hydrogen-bond acceptors (Lipinski definition) is 5. The minimum Gasteiger partial charge on any atom is -0.377 e. The maximum absolute atomic E-state index is 12.5. The molecule has 6 nitrogen and oxygen atoms in total. The van der Waals surface area contributed by atoms with Crippen molar-refractivity contribution in [3.8, 4) is 0 Å². The normalized spacial score (nSPS) is 21.8. The fraction of sp³-hybridized carbons (Fsp3) is 0.944. The van der Waals surface area contributed by atoms with Crippen LogP contribution in [0, 0.1) is 0 Å². The monoisotopic (exact) mass is 340 g/mol. The van der Waals surface area contributed by atoms with E-state index < -0.39 is 0 Å². The van der Waals surface area contributed by atoms with E-state index in [1.165, 1.54) is 0 Å². The van der Waals surface area contributed by atoms with Gasteiger partial charge in [-0.3, -0.25) is 19.5 Å². The van der Waals surface area contributed by atoms with Crippen molar-refractivity contribution in [3.63, 3.8) is 0 Å². The fourth-order valence-corrected chi connectivity index (χ4v) is 3.37. The van der Waals surface area contributed by atoms with Gasteiger partial charge in [-0.2, -0.15) is 0 Å². The highest BCUT2D eigenvalue weighted by Crippen LogP contribution is 2.08. The Labute approximate surface area is 147 Å². The van der Waals surface area contributed by atoms with Crippen molar-refractivity contribution in [1.29, 1.82) is 0 Å². The lowest BCUT2D eigenvalue weighted by atomic mass is 10.2. The molecule has 0 aromatic rings. The predicted octanol–water partition coefficient (Wildman–Crippen LogP) is 0.582. The lowest BCUT2D eigenvalue weighted by molar-refractivity contribution is -0.134. The van der Waals surface area contributed by atoms with Crippen LogP contribution in [0.15, 0.2) is 0 Å². The standard InChI is InChI=1S/C18H36N4O2/c1-16(2)21-9-11-22(12-10-21)18(23)15-20-7-5-19(6-8-20)13-14-24-17(3)4/h16-17H,5-15H2,1-4H3. The lowest BCUT2D eigenvalue weighted by Crippen LogP contribution is -2.54. The summed E-state index contributed by atoms with van der Waals surface area (Å²) in [7, 11) is 0. The molecule has 6 heteroatoms. The molecule has 0 unspecified atom stereocenters. The van der Waals surface area contributed by atoms with Crippen molar-refractivity contribution in [3.05, 3.63) is 0 Å². The van der Waals surface area contributed by atoms with Gasteiger partial charge in [-0.1, -0.05) is 0 Å². The molecular formula is C18H36N4O2. The van der Waals surface area contributed by atoms with Gasteiger partial charge in [-0.05, 0) is 27.7 Å². The van der Waals surface area contributed by atoms with Crippen LogP contribution in [0.2, 0.25) is 0 Å². The molecule has 0 aromatic carbocycles. The molecule has 2 fully saturated rings. The number of piperazine rings is 2. The number of hydrogen-bond donors (Lipinski definition) is 0. The van der Waals surface area contributed by atoms with Crippen LogP contribution in [-0.2, 0) is 9.53 Å². The molecule has 2 saturated heterocycles. The second kappa shape index (κ2) is 9.70. The average Bonchev–Trinajstić information content (AvgIpc) is 2.56. The number of carbonyl (C=O) groups excluding carboxylic acids is 1. The Morgan fingerprint density at radius 1 is 0.875 bits per heavy atom. The molecule has 0 N–H and O–H groups in total. The summed E-state index contributed by atoms with van der Waals surface area (Å²) in [4.78, 5) is 21.7. The molecule has 0 saturated carbocycles. The third-order valence-electron chi connectivity index (χ3n) is 5.08. The van der Waals surface area contributed by atoms with Gasteiger partial charge in [0.1, 0.15) is 0 Å². The van der Waals surface area contributed by atoms with E-state index in [9.17, 15) is 4.79 Å². The minimum absolute atomic E-state index is 0.301. The summed E-state index contributed by atoms with van der Waals surface area (Å²) < 4.78 is 5.62. The van der Waals surface area contributed by atoms with Crippen LogP contribution in [-0.4, -0.2) is 110 Å². The molecule has 24 heavy (non-hydrogen) atoms. The summed E-state index contributed by atoms with van der Waals surface area (Å²) in [5.41, 5.74) is 0. The van der Waals surface area contributed by atoms with Gasteiger partial charge >= 0.3 is 0 Å². The van der Waals surface area contributed by atoms with Gasteiger partial charge < -0.3 is 9.64 Å². The van der Waals surface area contributed by atoms with Gasteiger partial charge in [0.05, 0.1) is 19.3 Å². The third kappa shape index (κ3) is 6.31. The van der Waals surface area contributed by atoms with Crippen LogP contribution >= 0.6 is 0 Å². The topological polar surface area (TPSA) is 39.3 Å². The van der Waals surface area contributed by atoms with Gasteiger partial charge in [0.25, 0.3) is 0 Å². The minimum atomic E-state index is 0.301. The highest BCUT2D eigenvalue weighted by molar-refractivity contribution is 5.78. The summed E-state index contributed by atoms with van der Waals surface area (Å²) in [6, 6.07) is 0.579. The second-order valence-electron chi connectivity index (χ2n) is 7.55. The summed E-state index contributed by atoms with van der Waals surface area (Å²) in [6.07, 6.45) is 0.306. The van der Waals surface area contributed by atoms with Gasteiger partial charge in [0, 0.05) is 64.9 Å². The number of rotatable bonds is 7. The van der Waals surface area contributed by atoms with E-state index in [0.29, 0.717) is 24.6 Å². The van der Waals surface area contributed by atoms with Gasteiger partial charge in [0.2, 0.25) is 5.91 Å². The van der Waals surface area contributed by atoms with Crippen molar-refractivity contribution in [1.82, 2.24) is 19.6 Å². The van der Waals surface area contributed by atoms with Crippen LogP contribution in [0.25, 0.3) is 0 Å². The van der Waals surface area contributed by atoms with Gasteiger partial charge in [0.15, 0.2) is 0 Å². The predicted molar refractivity (Wildman–Crippen MR) is 97.3 cm³/mol. The van der Waals surface area contributed by atoms with Crippen molar-refractivity contribution in [2.24, 2.45) is 0 Å². The Balaban J connectivity index is 1.62. The second-order valence-corrected chi connectivity index (χ2v) is 7.55. The van der Waals surface area contributed by atoms with E-state index >= 15 is 0 Å². The molecule has 0 aromatic heterocycles. The number of nitrogens with zero attached hydrogens (tertiary/aromatic N) is 4. The Bertz CT molecular complexity index is 373. The molecule has 2 aliphatic rings. The quantitative estimate of drug-likeness (QED) is 0.678. The molecule has 0 radical (unpaired) electrons. The molecule has 0 spiro atoms. The van der Waals surface area contributed by atoms with Crippen LogP contribution < -0.4 is 0 Å². The maximum atomic E-state index is 12.5. The van der Waals surface area contributed by atoms with Crippen molar-refractivity contribution >= 4 is 5.91 Å². The van der Waals surface area contributed by atoms with Crippen LogP contribution in [0.1, 0.15) is 27.7 Å². The maximum Gasteiger partial charge on any atom is 0.236 e. The van der Waals surface area contributed by atoms with E-state index in [4.69, 9.17) is 4.74 Å². The van der Waals surface area contributed by atoms with Crippen LogP contribution in [0.4, 0.5) is 0 Å².